The highest BCUT2D eigenvalue weighted by molar-refractivity contribution is 5.94. The Bertz CT molecular complexity index is 712. The van der Waals surface area contributed by atoms with Gasteiger partial charge in [-0.15, -0.1) is 0 Å². The Morgan fingerprint density at radius 2 is 2.19 bits per heavy atom. The molecule has 6 heteroatoms. The molecule has 0 aromatic carbocycles. The molecule has 1 unspecified atom stereocenters. The quantitative estimate of drug-likeness (QED) is 0.810. The summed E-state index contributed by atoms with van der Waals surface area (Å²) in [5, 5.41) is 3.26. The van der Waals surface area contributed by atoms with Crippen molar-refractivity contribution in [2.45, 2.75) is 45.7 Å². The average molecular weight is 370 g/mol. The molecule has 0 spiro atoms. The Hall–Kier alpha value is -2.34. The number of aromatic nitrogens is 1. The van der Waals surface area contributed by atoms with Crippen LogP contribution in [-0.4, -0.2) is 59.0 Å². The van der Waals surface area contributed by atoms with E-state index in [1.165, 1.54) is 0 Å². The highest BCUT2D eigenvalue weighted by Crippen LogP contribution is 2.18. The molecule has 1 saturated heterocycles. The average Bonchev–Trinajstić information content (AvgIpc) is 3.21. The van der Waals surface area contributed by atoms with Gasteiger partial charge in [-0.2, -0.15) is 0 Å². The lowest BCUT2D eigenvalue weighted by Crippen LogP contribution is -2.56. The van der Waals surface area contributed by atoms with Crippen LogP contribution in [0.4, 0.5) is 5.82 Å². The number of carbonyl (C=O) groups excluding carboxylic acids is 1. The maximum Gasteiger partial charge on any atom is 0.255 e. The second kappa shape index (κ2) is 9.04. The van der Waals surface area contributed by atoms with Crippen molar-refractivity contribution in [3.8, 4) is 0 Å². The Morgan fingerprint density at radius 1 is 1.33 bits per heavy atom. The normalized spacial score (nSPS) is 18.1. The predicted molar refractivity (Wildman–Crippen MR) is 107 cm³/mol. The summed E-state index contributed by atoms with van der Waals surface area (Å²) < 4.78 is 5.32. The molecule has 0 saturated carbocycles. The predicted octanol–water partition coefficient (Wildman–Crippen LogP) is 3.27. The van der Waals surface area contributed by atoms with Crippen LogP contribution in [0.1, 0.15) is 43.3 Å². The number of anilines is 1. The van der Waals surface area contributed by atoms with Gasteiger partial charge in [0.05, 0.1) is 11.8 Å². The lowest BCUT2D eigenvalue weighted by Gasteiger charge is -2.43. The molecule has 0 aliphatic carbocycles. The van der Waals surface area contributed by atoms with E-state index < -0.39 is 0 Å². The van der Waals surface area contributed by atoms with Crippen LogP contribution in [0.3, 0.4) is 0 Å². The topological polar surface area (TPSA) is 61.6 Å². The Kier molecular flexibility index (Phi) is 6.50. The van der Waals surface area contributed by atoms with Gasteiger partial charge in [0.1, 0.15) is 11.6 Å². The van der Waals surface area contributed by atoms with Gasteiger partial charge in [0.2, 0.25) is 0 Å². The Labute approximate surface area is 161 Å². The van der Waals surface area contributed by atoms with Crippen molar-refractivity contribution in [2.24, 2.45) is 0 Å². The fraction of sp³-hybridized carbons (Fsp3) is 0.524. The largest absolute Gasteiger partial charge is 0.469 e. The zero-order valence-electron chi connectivity index (χ0n) is 16.5. The van der Waals surface area contributed by atoms with Gasteiger partial charge in [-0.25, -0.2) is 4.98 Å². The molecular formula is C21H30N4O2. The number of hydrogen-bond donors (Lipinski definition) is 1. The molecule has 1 N–H and O–H groups in total. The molecule has 0 bridgehead atoms. The van der Waals surface area contributed by atoms with Crippen LogP contribution in [0.5, 0.6) is 0 Å². The van der Waals surface area contributed by atoms with Crippen LogP contribution < -0.4 is 5.32 Å². The third kappa shape index (κ3) is 4.89. The van der Waals surface area contributed by atoms with Crippen molar-refractivity contribution in [1.29, 1.82) is 0 Å². The molecule has 1 fully saturated rings. The summed E-state index contributed by atoms with van der Waals surface area (Å²) in [6.45, 7) is 9.88. The van der Waals surface area contributed by atoms with Gasteiger partial charge in [0, 0.05) is 50.9 Å². The summed E-state index contributed by atoms with van der Waals surface area (Å²) in [6.07, 6.45) is 5.21. The van der Waals surface area contributed by atoms with Crippen molar-refractivity contribution < 1.29 is 9.21 Å². The number of rotatable bonds is 7. The van der Waals surface area contributed by atoms with Gasteiger partial charge in [0.15, 0.2) is 0 Å². The second-order valence-electron chi connectivity index (χ2n) is 7.33. The molecule has 0 radical (unpaired) electrons. The summed E-state index contributed by atoms with van der Waals surface area (Å²) >= 11 is 0. The first-order chi connectivity index (χ1) is 13.1. The maximum atomic E-state index is 12.9. The van der Waals surface area contributed by atoms with Gasteiger partial charge in [-0.1, -0.05) is 6.92 Å². The Balaban J connectivity index is 1.54. The van der Waals surface area contributed by atoms with Crippen LogP contribution in [0.25, 0.3) is 0 Å². The molecule has 2 aromatic rings. The summed E-state index contributed by atoms with van der Waals surface area (Å²) in [4.78, 5) is 21.7. The van der Waals surface area contributed by atoms with E-state index in [-0.39, 0.29) is 5.91 Å². The number of hydrogen-bond acceptors (Lipinski definition) is 5. The summed E-state index contributed by atoms with van der Waals surface area (Å²) in [5.74, 6) is 1.79. The molecule has 1 amide bonds. The number of furan rings is 1. The van der Waals surface area contributed by atoms with E-state index >= 15 is 0 Å². The monoisotopic (exact) mass is 370 g/mol. The molecular weight excluding hydrogens is 340 g/mol. The fourth-order valence-electron chi connectivity index (χ4n) is 3.67. The minimum Gasteiger partial charge on any atom is -0.469 e. The first-order valence-electron chi connectivity index (χ1n) is 9.85. The van der Waals surface area contributed by atoms with E-state index in [1.54, 1.807) is 12.5 Å². The van der Waals surface area contributed by atoms with Crippen LogP contribution in [-0.2, 0) is 6.42 Å². The van der Waals surface area contributed by atoms with Gasteiger partial charge >= 0.3 is 0 Å². The molecule has 3 heterocycles. The zero-order valence-corrected chi connectivity index (χ0v) is 16.5. The maximum absolute atomic E-state index is 12.9. The highest BCUT2D eigenvalue weighted by atomic mass is 16.3. The van der Waals surface area contributed by atoms with E-state index in [2.05, 4.69) is 36.0 Å². The molecule has 6 nitrogen and oxygen atoms in total. The second-order valence-corrected chi connectivity index (χ2v) is 7.33. The number of piperazine rings is 1. The molecule has 27 heavy (non-hydrogen) atoms. The van der Waals surface area contributed by atoms with Crippen molar-refractivity contribution in [2.75, 3.05) is 31.5 Å². The highest BCUT2D eigenvalue weighted by Gasteiger charge is 2.30. The van der Waals surface area contributed by atoms with Crippen LogP contribution in [0.15, 0.2) is 41.1 Å². The molecule has 3 rings (SSSR count). The number of pyridine rings is 1. The lowest BCUT2D eigenvalue weighted by atomic mass is 10.1. The zero-order chi connectivity index (χ0) is 19.2. The standard InChI is InChI=1S/C21H30N4O2/c1-4-18-15-24(11-12-25(18)16(2)3)21(26)17-7-8-20(23-14-17)22-10-9-19-6-5-13-27-19/h5-8,13-14,16,18H,4,9-12,15H2,1-3H3,(H,22,23). The van der Waals surface area contributed by atoms with E-state index in [9.17, 15) is 4.79 Å². The van der Waals surface area contributed by atoms with Crippen LogP contribution >= 0.6 is 0 Å². The fourth-order valence-corrected chi connectivity index (χ4v) is 3.67. The molecule has 2 aromatic heterocycles. The van der Waals surface area contributed by atoms with Crippen LogP contribution in [0.2, 0.25) is 0 Å². The number of nitrogens with one attached hydrogen (secondary N) is 1. The van der Waals surface area contributed by atoms with E-state index in [1.807, 2.05) is 29.2 Å². The first kappa shape index (κ1) is 19.4. The van der Waals surface area contributed by atoms with Gasteiger partial charge in [0.25, 0.3) is 5.91 Å². The van der Waals surface area contributed by atoms with Crippen molar-refractivity contribution in [3.63, 3.8) is 0 Å². The summed E-state index contributed by atoms with van der Waals surface area (Å²) in [6, 6.07) is 8.52. The number of carbonyl (C=O) groups is 1. The molecule has 1 atom stereocenters. The lowest BCUT2D eigenvalue weighted by molar-refractivity contribution is 0.0371. The molecule has 146 valence electrons. The van der Waals surface area contributed by atoms with E-state index in [0.717, 1.165) is 50.6 Å². The van der Waals surface area contributed by atoms with E-state index in [0.29, 0.717) is 17.6 Å². The van der Waals surface area contributed by atoms with Crippen LogP contribution in [0, 0.1) is 0 Å². The van der Waals surface area contributed by atoms with E-state index in [4.69, 9.17) is 4.42 Å². The smallest absolute Gasteiger partial charge is 0.255 e. The van der Waals surface area contributed by atoms with Gasteiger partial charge < -0.3 is 14.6 Å². The minimum absolute atomic E-state index is 0.0755. The summed E-state index contributed by atoms with van der Waals surface area (Å²) in [5.41, 5.74) is 0.652. The van der Waals surface area contributed by atoms with Gasteiger partial charge in [-0.05, 0) is 44.5 Å². The SMILES string of the molecule is CCC1CN(C(=O)c2ccc(NCCc3ccco3)nc2)CCN1C(C)C. The number of nitrogens with zero attached hydrogens (tertiary/aromatic N) is 3. The molecule has 1 aliphatic rings. The Morgan fingerprint density at radius 3 is 2.81 bits per heavy atom. The summed E-state index contributed by atoms with van der Waals surface area (Å²) in [7, 11) is 0. The van der Waals surface area contributed by atoms with Crippen molar-refractivity contribution in [1.82, 2.24) is 14.8 Å². The van der Waals surface area contributed by atoms with Crippen molar-refractivity contribution >= 4 is 11.7 Å². The number of amides is 1. The van der Waals surface area contributed by atoms with Gasteiger partial charge in [-0.3, -0.25) is 9.69 Å². The van der Waals surface area contributed by atoms with Crippen molar-refractivity contribution in [3.05, 3.63) is 48.0 Å². The minimum atomic E-state index is 0.0755. The first-order valence-corrected chi connectivity index (χ1v) is 9.85. The molecule has 1 aliphatic heterocycles. The third-order valence-corrected chi connectivity index (χ3v) is 5.22. The third-order valence-electron chi connectivity index (χ3n) is 5.22.